The number of amides is 3. The maximum atomic E-state index is 15.3. The second kappa shape index (κ2) is 19.4. The van der Waals surface area contributed by atoms with E-state index in [0.29, 0.717) is 92.4 Å². The summed E-state index contributed by atoms with van der Waals surface area (Å²) in [4.78, 5) is 63.9. The lowest BCUT2D eigenvalue weighted by atomic mass is 9.89. The summed E-state index contributed by atoms with van der Waals surface area (Å²) in [5, 5.41) is 15.3. The van der Waals surface area contributed by atoms with Gasteiger partial charge in [-0.3, -0.25) is 24.7 Å². The number of fused-ring (bicyclic) bond motifs is 1. The number of nitrogen functional groups attached to an aromatic ring is 1. The van der Waals surface area contributed by atoms with E-state index in [4.69, 9.17) is 30.1 Å². The van der Waals surface area contributed by atoms with Crippen LogP contribution in [-0.2, 0) is 19.9 Å². The van der Waals surface area contributed by atoms with Gasteiger partial charge in [-0.2, -0.15) is 5.10 Å². The first-order chi connectivity index (χ1) is 33.7. The molecule has 4 aromatic heterocycles. The predicted molar refractivity (Wildman–Crippen MR) is 257 cm³/mol. The Morgan fingerprint density at radius 1 is 0.900 bits per heavy atom. The van der Waals surface area contributed by atoms with Gasteiger partial charge in [-0.05, 0) is 115 Å². The molecule has 372 valence electrons. The molecule has 0 bridgehead atoms. The molecule has 5 fully saturated rings. The molecular weight excluding hydrogens is 903 g/mol. The third kappa shape index (κ3) is 9.86. The number of hydrogen-bond acceptors (Lipinski definition) is 16. The van der Waals surface area contributed by atoms with Gasteiger partial charge in [-0.15, -0.1) is 0 Å². The number of nitrogens with two attached hydrogens (primary N) is 1. The van der Waals surface area contributed by atoms with E-state index < -0.39 is 23.6 Å². The first kappa shape index (κ1) is 47.3. The molecule has 5 aliphatic rings. The number of carbonyl (C=O) groups is 3. The van der Waals surface area contributed by atoms with E-state index in [1.807, 2.05) is 17.8 Å². The van der Waals surface area contributed by atoms with Crippen LogP contribution in [-0.4, -0.2) is 146 Å². The molecule has 1 aliphatic carbocycles. The van der Waals surface area contributed by atoms with E-state index >= 15 is 8.78 Å². The van der Waals surface area contributed by atoms with Crippen LogP contribution in [0.1, 0.15) is 101 Å². The normalized spacial score (nSPS) is 20.3. The molecule has 19 nitrogen and oxygen atoms in total. The van der Waals surface area contributed by atoms with Gasteiger partial charge in [-0.1, -0.05) is 5.16 Å². The van der Waals surface area contributed by atoms with E-state index in [1.165, 1.54) is 18.5 Å². The number of piperidine rings is 3. The van der Waals surface area contributed by atoms with Gasteiger partial charge in [0.25, 0.3) is 0 Å². The van der Waals surface area contributed by atoms with Crippen LogP contribution in [0.15, 0.2) is 29.2 Å². The Hall–Kier alpha value is -6.35. The number of carbonyl (C=O) groups excluding carboxylic acids is 3. The number of nitrogens with zero attached hydrogens (tertiary/aromatic N) is 11. The number of hydrogen-bond donors (Lipinski definition) is 3. The monoisotopic (exact) mass is 964 g/mol. The standard InChI is InChI=1S/C49H62F2N14O5/c1-28-33(25-53-45(56-28)38-41(60-70-43(38)31-5-6-31)40-39-44(52)54-27-55-46(39)65(59-40)49(2,3)4)30-11-15-64(16-12-30)48(68)69-22-21-61-13-9-29(10-14-61)26-62-17-19-63(20-18-62)42-34(50)23-32(24-35(42)51)57-36-7-8-37(66)58-47(36)67/h23-25,27,29-31,36,57H,5-22,26H2,1-4H3,(H2,52,54,55)(H,58,66,67). The highest BCUT2D eigenvalue weighted by Crippen LogP contribution is 2.48. The summed E-state index contributed by atoms with van der Waals surface area (Å²) in [7, 11) is 0. The molecule has 0 spiro atoms. The highest BCUT2D eigenvalue weighted by molar-refractivity contribution is 6.02. The molecule has 10 rings (SSSR count). The maximum Gasteiger partial charge on any atom is 0.409 e. The molecule has 4 N–H and O–H groups in total. The smallest absolute Gasteiger partial charge is 0.409 e. The van der Waals surface area contributed by atoms with Crippen molar-refractivity contribution in [3.63, 3.8) is 0 Å². The lowest BCUT2D eigenvalue weighted by Gasteiger charge is -2.39. The number of rotatable bonds is 12. The summed E-state index contributed by atoms with van der Waals surface area (Å²) in [6.07, 6.45) is 9.11. The minimum atomic E-state index is -0.725. The number of halogens is 2. The van der Waals surface area contributed by atoms with Crippen molar-refractivity contribution in [1.29, 1.82) is 0 Å². The number of benzene rings is 1. The molecular formula is C49H62F2N14O5. The van der Waals surface area contributed by atoms with Gasteiger partial charge in [-0.25, -0.2) is 38.2 Å². The van der Waals surface area contributed by atoms with Crippen molar-refractivity contribution >= 4 is 46.1 Å². The lowest BCUT2D eigenvalue weighted by molar-refractivity contribution is -0.133. The molecule has 3 amide bonds. The van der Waals surface area contributed by atoms with Gasteiger partial charge >= 0.3 is 6.09 Å². The second-order valence-corrected chi connectivity index (χ2v) is 20.6. The number of nitrogens with one attached hydrogen (secondary N) is 2. The first-order valence-corrected chi connectivity index (χ1v) is 24.7. The quantitative estimate of drug-likeness (QED) is 0.126. The minimum absolute atomic E-state index is 0.0555. The fourth-order valence-corrected chi connectivity index (χ4v) is 10.5. The Labute approximate surface area is 404 Å². The topological polar surface area (TPSA) is 219 Å². The van der Waals surface area contributed by atoms with Gasteiger partial charge in [0.1, 0.15) is 41.9 Å². The van der Waals surface area contributed by atoms with E-state index in [2.05, 4.69) is 56.3 Å². The van der Waals surface area contributed by atoms with Crippen molar-refractivity contribution in [2.75, 3.05) is 88.0 Å². The van der Waals surface area contributed by atoms with Crippen LogP contribution in [0.25, 0.3) is 33.8 Å². The molecule has 4 saturated heterocycles. The first-order valence-electron chi connectivity index (χ1n) is 24.7. The molecule has 1 atom stereocenters. The average Bonchev–Trinajstić information content (AvgIpc) is 3.95. The minimum Gasteiger partial charge on any atom is -0.448 e. The largest absolute Gasteiger partial charge is 0.448 e. The van der Waals surface area contributed by atoms with Crippen LogP contribution >= 0.6 is 0 Å². The summed E-state index contributed by atoms with van der Waals surface area (Å²) in [6.45, 7) is 15.5. The number of anilines is 3. The summed E-state index contributed by atoms with van der Waals surface area (Å²) >= 11 is 0. The number of ether oxygens (including phenoxy) is 1. The molecule has 0 radical (unpaired) electrons. The Bertz CT molecular complexity index is 2740. The molecule has 1 aromatic carbocycles. The molecule has 4 aliphatic heterocycles. The zero-order chi connectivity index (χ0) is 48.8. The molecule has 1 saturated carbocycles. The third-order valence-electron chi connectivity index (χ3n) is 14.6. The van der Waals surface area contributed by atoms with Crippen molar-refractivity contribution < 1.29 is 32.4 Å². The van der Waals surface area contributed by atoms with Gasteiger partial charge < -0.3 is 30.1 Å². The number of imide groups is 1. The van der Waals surface area contributed by atoms with Gasteiger partial charge in [0.2, 0.25) is 11.8 Å². The van der Waals surface area contributed by atoms with Crippen molar-refractivity contribution in [2.24, 2.45) is 5.92 Å². The van der Waals surface area contributed by atoms with Crippen LogP contribution in [0.2, 0.25) is 0 Å². The Balaban J connectivity index is 0.665. The molecule has 70 heavy (non-hydrogen) atoms. The maximum absolute atomic E-state index is 15.3. The summed E-state index contributed by atoms with van der Waals surface area (Å²) in [5.74, 6) is 0.307. The van der Waals surface area contributed by atoms with Crippen LogP contribution in [0.3, 0.4) is 0 Å². The van der Waals surface area contributed by atoms with Crippen LogP contribution in [0, 0.1) is 24.5 Å². The van der Waals surface area contributed by atoms with Crippen LogP contribution in [0.4, 0.5) is 30.8 Å². The number of piperazine rings is 1. The van der Waals surface area contributed by atoms with Gasteiger partial charge in [0.15, 0.2) is 28.9 Å². The zero-order valence-corrected chi connectivity index (χ0v) is 40.3. The van der Waals surface area contributed by atoms with Crippen molar-refractivity contribution in [2.45, 2.75) is 102 Å². The number of likely N-dealkylation sites (tertiary alicyclic amines) is 2. The van der Waals surface area contributed by atoms with E-state index in [1.54, 1.807) is 9.80 Å². The Morgan fingerprint density at radius 3 is 2.30 bits per heavy atom. The van der Waals surface area contributed by atoms with Crippen molar-refractivity contribution in [3.8, 4) is 22.8 Å². The summed E-state index contributed by atoms with van der Waals surface area (Å²) in [6, 6.07) is 1.70. The SMILES string of the molecule is Cc1nc(-c2c(-c3nn(C(C)(C)C)c4ncnc(N)c34)noc2C2CC2)ncc1C1CCN(C(=O)OCCN2CCC(CN3CCN(c4c(F)cc(NC5CCC(=O)NC5=O)cc4F)CC3)CC2)CC1. The van der Waals surface area contributed by atoms with E-state index in [-0.39, 0.29) is 53.6 Å². The van der Waals surface area contributed by atoms with Gasteiger partial charge in [0, 0.05) is 82.3 Å². The van der Waals surface area contributed by atoms with E-state index in [0.717, 1.165) is 80.7 Å². The molecule has 21 heteroatoms. The van der Waals surface area contributed by atoms with Crippen LogP contribution in [0.5, 0.6) is 0 Å². The number of aryl methyl sites for hydroxylation is 1. The van der Waals surface area contributed by atoms with Gasteiger partial charge in [0.05, 0.1) is 16.5 Å². The fourth-order valence-electron chi connectivity index (χ4n) is 10.5. The lowest BCUT2D eigenvalue weighted by Crippen LogP contribution is -2.49. The Kier molecular flexibility index (Phi) is 13.2. The van der Waals surface area contributed by atoms with Crippen molar-refractivity contribution in [1.82, 2.24) is 54.9 Å². The highest BCUT2D eigenvalue weighted by atomic mass is 19.1. The fraction of sp³-hybridized carbons (Fsp3) is 0.571. The predicted octanol–water partition coefficient (Wildman–Crippen LogP) is 5.81. The second-order valence-electron chi connectivity index (χ2n) is 20.6. The number of aromatic nitrogens is 7. The zero-order valence-electron chi connectivity index (χ0n) is 40.3. The summed E-state index contributed by atoms with van der Waals surface area (Å²) < 4.78 is 44.2. The van der Waals surface area contributed by atoms with Crippen LogP contribution < -0.4 is 21.3 Å². The highest BCUT2D eigenvalue weighted by Gasteiger charge is 2.38. The van der Waals surface area contributed by atoms with Crippen molar-refractivity contribution in [3.05, 3.63) is 53.3 Å². The average molecular weight is 965 g/mol. The Morgan fingerprint density at radius 2 is 1.63 bits per heavy atom. The third-order valence-corrected chi connectivity index (χ3v) is 14.6. The molecule has 5 aromatic rings. The molecule has 1 unspecified atom stereocenters. The molecule has 8 heterocycles. The van der Waals surface area contributed by atoms with E-state index in [9.17, 15) is 14.4 Å². The summed E-state index contributed by atoms with van der Waals surface area (Å²) in [5.41, 5.74) is 10.5.